The van der Waals surface area contributed by atoms with Crippen molar-refractivity contribution in [3.63, 3.8) is 0 Å². The molecule has 0 radical (unpaired) electrons. The molecule has 2 nitrogen and oxygen atoms in total. The van der Waals surface area contributed by atoms with Crippen LogP contribution >= 0.6 is 0 Å². The van der Waals surface area contributed by atoms with Crippen LogP contribution in [-0.4, -0.2) is 4.98 Å². The van der Waals surface area contributed by atoms with Gasteiger partial charge in [0.15, 0.2) is 0 Å². The fourth-order valence-corrected chi connectivity index (χ4v) is 7.76. The predicted octanol–water partition coefficient (Wildman–Crippen LogP) is 15.2. The molecule has 0 saturated heterocycles. The lowest BCUT2D eigenvalue weighted by atomic mass is 9.84. The number of rotatable bonds is 12. The molecule has 0 spiro atoms. The van der Waals surface area contributed by atoms with E-state index in [9.17, 15) is 0 Å². The highest BCUT2D eigenvalue weighted by molar-refractivity contribution is 5.90. The molecule has 1 heterocycles. The number of para-hydroxylation sites is 1. The Morgan fingerprint density at radius 2 is 1.12 bits per heavy atom. The van der Waals surface area contributed by atoms with Gasteiger partial charge in [-0.2, -0.15) is 0 Å². The van der Waals surface area contributed by atoms with Gasteiger partial charge in [0.25, 0.3) is 0 Å². The zero-order chi connectivity index (χ0) is 39.0. The molecule has 0 saturated carbocycles. The molecule has 56 heavy (non-hydrogen) atoms. The summed E-state index contributed by atoms with van der Waals surface area (Å²) in [4.78, 5) is 5.30. The summed E-state index contributed by atoms with van der Waals surface area (Å²) in [5.74, 6) is 0.388. The molecule has 0 aliphatic heterocycles. The summed E-state index contributed by atoms with van der Waals surface area (Å²) in [5, 5.41) is 0. The lowest BCUT2D eigenvalue weighted by Gasteiger charge is -2.21. The molecule has 7 aromatic rings. The first-order valence-electron chi connectivity index (χ1n) is 20.1. The van der Waals surface area contributed by atoms with E-state index in [1.807, 2.05) is 0 Å². The van der Waals surface area contributed by atoms with Gasteiger partial charge in [0.05, 0.1) is 11.4 Å². The normalized spacial score (nSPS) is 12.3. The molecule has 278 valence electrons. The number of pyridine rings is 1. The Labute approximate surface area is 334 Å². The van der Waals surface area contributed by atoms with Gasteiger partial charge in [-0.3, -0.25) is 0 Å². The number of aromatic nitrogens is 1. The minimum atomic E-state index is 0.388. The van der Waals surface area contributed by atoms with E-state index in [0.717, 1.165) is 69.7 Å². The zero-order valence-corrected chi connectivity index (χ0v) is 33.4. The fraction of sp³-hybridized carbons (Fsp3) is 0.167. The molecule has 2 heteroatoms. The summed E-state index contributed by atoms with van der Waals surface area (Å²) < 4.78 is 0. The Hall–Kier alpha value is -6.25. The predicted molar refractivity (Wildman–Crippen MR) is 242 cm³/mol. The molecule has 1 unspecified atom stereocenters. The highest BCUT2D eigenvalue weighted by atomic mass is 14.7. The van der Waals surface area contributed by atoms with E-state index < -0.39 is 0 Å². The maximum absolute atomic E-state index is 6.86. The largest absolute Gasteiger partial charge is 0.398 e. The number of hydrogen-bond donors (Lipinski definition) is 1. The van der Waals surface area contributed by atoms with Gasteiger partial charge in [-0.05, 0) is 112 Å². The summed E-state index contributed by atoms with van der Waals surface area (Å²) in [6, 6.07) is 54.5. The molecule has 6 aromatic carbocycles. The Bertz CT molecular complexity index is 2520. The number of benzene rings is 6. The van der Waals surface area contributed by atoms with E-state index in [-0.39, 0.29) is 0 Å². The van der Waals surface area contributed by atoms with Crippen molar-refractivity contribution in [2.24, 2.45) is 0 Å². The molecule has 7 rings (SSSR count). The van der Waals surface area contributed by atoms with Crippen molar-refractivity contribution in [2.45, 2.75) is 59.8 Å². The summed E-state index contributed by atoms with van der Waals surface area (Å²) in [5.41, 5.74) is 26.3. The van der Waals surface area contributed by atoms with Crippen LogP contribution in [0.5, 0.6) is 0 Å². The fourth-order valence-electron chi connectivity index (χ4n) is 7.76. The minimum absolute atomic E-state index is 0.388. The van der Waals surface area contributed by atoms with Crippen molar-refractivity contribution < 1.29 is 0 Å². The van der Waals surface area contributed by atoms with E-state index in [1.54, 1.807) is 0 Å². The van der Waals surface area contributed by atoms with Gasteiger partial charge in [0.1, 0.15) is 0 Å². The standard InChI is InChI=1S/C54H52N2/c1-6-9-19-41(17-7-2)47-25-14-26-48(54(47)55)44-22-12-20-42(35-44)39-31-33-40(34-32-39)43-21-13-23-45(36-43)51-29-16-30-52(56-51)50-28-15-27-49(53(50)37(4)8-3)46-24-11-10-18-38(46)5/h9-37H,6-8,55H2,1-5H3/b19-9-,41-17+. The van der Waals surface area contributed by atoms with Crippen molar-refractivity contribution in [3.05, 3.63) is 187 Å². The number of allylic oxidation sites excluding steroid dienone is 4. The molecule has 0 bridgehead atoms. The van der Waals surface area contributed by atoms with Crippen molar-refractivity contribution in [1.82, 2.24) is 4.98 Å². The quantitative estimate of drug-likeness (QED) is 0.100. The van der Waals surface area contributed by atoms with Crippen molar-refractivity contribution >= 4 is 11.3 Å². The lowest BCUT2D eigenvalue weighted by Crippen LogP contribution is -2.01. The maximum atomic E-state index is 6.86. The van der Waals surface area contributed by atoms with Gasteiger partial charge in [-0.25, -0.2) is 4.98 Å². The first-order chi connectivity index (χ1) is 27.4. The molecule has 0 aliphatic rings. The van der Waals surface area contributed by atoms with Gasteiger partial charge < -0.3 is 5.73 Å². The van der Waals surface area contributed by atoms with E-state index in [2.05, 4.69) is 205 Å². The van der Waals surface area contributed by atoms with Gasteiger partial charge in [0, 0.05) is 27.9 Å². The molecule has 1 aromatic heterocycles. The van der Waals surface area contributed by atoms with E-state index >= 15 is 0 Å². The number of nitrogens with two attached hydrogens (primary N) is 1. The van der Waals surface area contributed by atoms with Crippen LogP contribution in [0.2, 0.25) is 0 Å². The van der Waals surface area contributed by atoms with Crippen LogP contribution in [0, 0.1) is 6.92 Å². The summed E-state index contributed by atoms with van der Waals surface area (Å²) in [6.07, 6.45) is 9.63. The zero-order valence-electron chi connectivity index (χ0n) is 33.4. The van der Waals surface area contributed by atoms with Gasteiger partial charge in [-0.15, -0.1) is 0 Å². The lowest BCUT2D eigenvalue weighted by molar-refractivity contribution is 0.736. The summed E-state index contributed by atoms with van der Waals surface area (Å²) >= 11 is 0. The molecule has 0 aliphatic carbocycles. The van der Waals surface area contributed by atoms with E-state index in [1.165, 1.54) is 44.5 Å². The topological polar surface area (TPSA) is 38.9 Å². The highest BCUT2D eigenvalue weighted by Crippen LogP contribution is 2.40. The van der Waals surface area contributed by atoms with Crippen molar-refractivity contribution in [3.8, 4) is 67.0 Å². The van der Waals surface area contributed by atoms with Crippen LogP contribution in [0.4, 0.5) is 5.69 Å². The summed E-state index contributed by atoms with van der Waals surface area (Å²) in [6.45, 7) is 11.1. The molecule has 0 amide bonds. The third-order valence-electron chi connectivity index (χ3n) is 10.9. The Morgan fingerprint density at radius 3 is 1.82 bits per heavy atom. The number of hydrogen-bond acceptors (Lipinski definition) is 2. The number of aryl methyl sites for hydroxylation is 1. The van der Waals surface area contributed by atoms with Crippen molar-refractivity contribution in [2.75, 3.05) is 5.73 Å². The van der Waals surface area contributed by atoms with Gasteiger partial charge in [0.2, 0.25) is 0 Å². The number of nitrogen functional groups attached to an aromatic ring is 1. The van der Waals surface area contributed by atoms with Crippen LogP contribution in [0.3, 0.4) is 0 Å². The molecular formula is C54H52N2. The van der Waals surface area contributed by atoms with Gasteiger partial charge in [-0.1, -0.05) is 173 Å². The Kier molecular flexibility index (Phi) is 11.9. The highest BCUT2D eigenvalue weighted by Gasteiger charge is 2.19. The second-order valence-electron chi connectivity index (χ2n) is 14.7. The van der Waals surface area contributed by atoms with Crippen LogP contribution in [0.25, 0.3) is 72.6 Å². The Balaban J connectivity index is 1.17. The third kappa shape index (κ3) is 8.07. The SMILES string of the molecule is CC/C=C\C(=C/CC)c1cccc(-c2cccc(-c3ccc(-c4cccc(-c5cccc(-c6cccc(-c7ccccc7C)c6C(C)CC)n5)c4)cc3)c2)c1N. The van der Waals surface area contributed by atoms with Crippen LogP contribution in [-0.2, 0) is 0 Å². The minimum Gasteiger partial charge on any atom is -0.398 e. The number of anilines is 1. The van der Waals surface area contributed by atoms with E-state index in [0.29, 0.717) is 5.92 Å². The first kappa shape index (κ1) is 38.0. The van der Waals surface area contributed by atoms with E-state index in [4.69, 9.17) is 10.7 Å². The van der Waals surface area contributed by atoms with Crippen LogP contribution in [0.15, 0.2) is 170 Å². The van der Waals surface area contributed by atoms with Crippen LogP contribution in [0.1, 0.15) is 69.6 Å². The number of nitrogens with zero attached hydrogens (tertiary/aromatic N) is 1. The second-order valence-corrected chi connectivity index (χ2v) is 14.7. The molecule has 1 atom stereocenters. The van der Waals surface area contributed by atoms with Crippen molar-refractivity contribution in [1.29, 1.82) is 0 Å². The summed E-state index contributed by atoms with van der Waals surface area (Å²) in [7, 11) is 0. The molecule has 2 N–H and O–H groups in total. The monoisotopic (exact) mass is 728 g/mol. The smallest absolute Gasteiger partial charge is 0.0712 e. The Morgan fingerprint density at radius 1 is 0.554 bits per heavy atom. The average molecular weight is 729 g/mol. The van der Waals surface area contributed by atoms with Crippen LogP contribution < -0.4 is 5.73 Å². The molecule has 0 fully saturated rings. The molecular weight excluding hydrogens is 677 g/mol. The third-order valence-corrected chi connectivity index (χ3v) is 10.9. The maximum Gasteiger partial charge on any atom is 0.0712 e. The second kappa shape index (κ2) is 17.5. The average Bonchev–Trinajstić information content (AvgIpc) is 3.25. The van der Waals surface area contributed by atoms with Gasteiger partial charge >= 0.3 is 0 Å². The first-order valence-corrected chi connectivity index (χ1v) is 20.1.